The van der Waals surface area contributed by atoms with Crippen LogP contribution < -0.4 is 5.32 Å². The highest BCUT2D eigenvalue weighted by Gasteiger charge is 2.33. The van der Waals surface area contributed by atoms with Gasteiger partial charge in [0.1, 0.15) is 11.5 Å². The summed E-state index contributed by atoms with van der Waals surface area (Å²) in [7, 11) is 0. The Morgan fingerprint density at radius 2 is 2.05 bits per heavy atom. The molecule has 0 spiro atoms. The molecule has 1 saturated carbocycles. The van der Waals surface area contributed by atoms with Crippen LogP contribution in [0.5, 0.6) is 0 Å². The summed E-state index contributed by atoms with van der Waals surface area (Å²) < 4.78 is 37.7. The number of aromatic nitrogens is 1. The molecular weight excluding hydrogens is 285 g/mol. The number of nitrogens with zero attached hydrogens (tertiary/aromatic N) is 3. The molecule has 1 aromatic heterocycles. The molecule has 1 N–H and O–H groups in total. The predicted molar refractivity (Wildman–Crippen MR) is 68.6 cm³/mol. The molecule has 0 atom stereocenters. The third-order valence-electron chi connectivity index (χ3n) is 3.11. The molecule has 1 aliphatic heterocycles. The summed E-state index contributed by atoms with van der Waals surface area (Å²) in [4.78, 5) is 15.5. The second kappa shape index (κ2) is 4.94. The van der Waals surface area contributed by atoms with E-state index in [1.807, 2.05) is 0 Å². The number of alkyl halides is 3. The molecule has 8 heteroatoms. The molecule has 0 aromatic carbocycles. The zero-order chi connectivity index (χ0) is 15.0. The van der Waals surface area contributed by atoms with Gasteiger partial charge in [-0.25, -0.2) is 0 Å². The molecule has 109 valence electrons. The van der Waals surface area contributed by atoms with Gasteiger partial charge < -0.3 is 5.32 Å². The van der Waals surface area contributed by atoms with E-state index in [9.17, 15) is 18.0 Å². The van der Waals surface area contributed by atoms with E-state index in [2.05, 4.69) is 20.5 Å². The number of pyridine rings is 1. The number of hydrogen-bond donors (Lipinski definition) is 1. The van der Waals surface area contributed by atoms with E-state index in [1.54, 1.807) is 6.42 Å². The van der Waals surface area contributed by atoms with E-state index in [4.69, 9.17) is 0 Å². The Labute approximate surface area is 118 Å². The Kier molecular flexibility index (Phi) is 3.23. The molecule has 1 aromatic rings. The Morgan fingerprint density at radius 1 is 1.29 bits per heavy atom. The maximum atomic E-state index is 12.6. The minimum absolute atomic E-state index is 0.223. The van der Waals surface area contributed by atoms with E-state index in [1.165, 1.54) is 0 Å². The van der Waals surface area contributed by atoms with Gasteiger partial charge in [-0.1, -0.05) is 0 Å². The van der Waals surface area contributed by atoms with E-state index in [-0.39, 0.29) is 11.5 Å². The lowest BCUT2D eigenvalue weighted by Gasteiger charge is -2.08. The normalized spacial score (nSPS) is 18.2. The zero-order valence-corrected chi connectivity index (χ0v) is 10.7. The van der Waals surface area contributed by atoms with Crippen LogP contribution in [0.15, 0.2) is 28.5 Å². The fourth-order valence-electron chi connectivity index (χ4n) is 1.86. The molecule has 1 fully saturated rings. The van der Waals surface area contributed by atoms with Gasteiger partial charge in [0.25, 0.3) is 5.91 Å². The van der Waals surface area contributed by atoms with Crippen molar-refractivity contribution in [3.63, 3.8) is 0 Å². The fraction of sp³-hybridized carbons (Fsp3) is 0.308. The van der Waals surface area contributed by atoms with Crippen LogP contribution in [-0.4, -0.2) is 22.4 Å². The van der Waals surface area contributed by atoms with Crippen molar-refractivity contribution in [2.24, 2.45) is 16.1 Å². The van der Waals surface area contributed by atoms with Crippen LogP contribution in [0.1, 0.15) is 28.9 Å². The number of rotatable bonds is 2. The molecule has 1 aliphatic carbocycles. The first-order valence-corrected chi connectivity index (χ1v) is 6.28. The summed E-state index contributed by atoms with van der Waals surface area (Å²) in [5.41, 5.74) is -0.446. The van der Waals surface area contributed by atoms with E-state index >= 15 is 0 Å². The van der Waals surface area contributed by atoms with Gasteiger partial charge in [0, 0.05) is 6.20 Å². The van der Waals surface area contributed by atoms with Crippen LogP contribution in [0.3, 0.4) is 0 Å². The summed E-state index contributed by atoms with van der Waals surface area (Å²) in [5, 5.41) is 10.1. The number of carbonyl (C=O) groups excluding carboxylic acids is 1. The van der Waals surface area contributed by atoms with Gasteiger partial charge in [0.2, 0.25) is 0 Å². The molecule has 0 bridgehead atoms. The lowest BCUT2D eigenvalue weighted by atomic mass is 10.1. The van der Waals surface area contributed by atoms with E-state index in [0.29, 0.717) is 12.0 Å². The highest BCUT2D eigenvalue weighted by molar-refractivity contribution is 6.22. The number of amidine groups is 1. The summed E-state index contributed by atoms with van der Waals surface area (Å²) in [5.74, 6) is -0.140. The lowest BCUT2D eigenvalue weighted by Crippen LogP contribution is -2.31. The van der Waals surface area contributed by atoms with Gasteiger partial charge in [-0.2, -0.15) is 18.3 Å². The predicted octanol–water partition coefficient (Wildman–Crippen LogP) is 2.21. The van der Waals surface area contributed by atoms with Crippen molar-refractivity contribution >= 4 is 17.5 Å². The molecule has 0 unspecified atom stereocenters. The number of carbonyl (C=O) groups is 1. The number of halogens is 3. The molecule has 21 heavy (non-hydrogen) atoms. The lowest BCUT2D eigenvalue weighted by molar-refractivity contribution is -0.137. The van der Waals surface area contributed by atoms with Crippen LogP contribution in [0.2, 0.25) is 0 Å². The molecule has 1 amide bonds. The number of hydrogen-bond acceptors (Lipinski definition) is 4. The van der Waals surface area contributed by atoms with E-state index < -0.39 is 17.6 Å². The van der Waals surface area contributed by atoms with Crippen molar-refractivity contribution in [1.82, 2.24) is 10.3 Å². The Hall–Kier alpha value is -2.25. The van der Waals surface area contributed by atoms with Crippen LogP contribution in [0, 0.1) is 12.3 Å². The summed E-state index contributed by atoms with van der Waals surface area (Å²) in [6.45, 7) is 0. The second-order valence-corrected chi connectivity index (χ2v) is 4.81. The largest absolute Gasteiger partial charge is 0.416 e. The van der Waals surface area contributed by atoms with Gasteiger partial charge in [-0.3, -0.25) is 9.78 Å². The summed E-state index contributed by atoms with van der Waals surface area (Å²) in [6.07, 6.45) is 0.146. The van der Waals surface area contributed by atoms with Gasteiger partial charge in [0.05, 0.1) is 17.7 Å². The van der Waals surface area contributed by atoms with Crippen molar-refractivity contribution in [2.45, 2.75) is 19.0 Å². The Bertz CT molecular complexity index is 647. The van der Waals surface area contributed by atoms with Gasteiger partial charge in [-0.15, -0.1) is 5.10 Å². The van der Waals surface area contributed by atoms with Gasteiger partial charge >= 0.3 is 6.18 Å². The highest BCUT2D eigenvalue weighted by atomic mass is 19.4. The SMILES string of the molecule is O=C(NC1=NN=C(C2CC2)[CH]1)c1cc(C(F)(F)F)ccn1. The van der Waals surface area contributed by atoms with Crippen molar-refractivity contribution in [2.75, 3.05) is 0 Å². The molecule has 3 rings (SSSR count). The monoisotopic (exact) mass is 295 g/mol. The minimum Gasteiger partial charge on any atom is -0.307 e. The zero-order valence-electron chi connectivity index (χ0n) is 10.7. The molecule has 0 saturated heterocycles. The highest BCUT2D eigenvalue weighted by Crippen LogP contribution is 2.33. The quantitative estimate of drug-likeness (QED) is 0.909. The van der Waals surface area contributed by atoms with Crippen LogP contribution in [0.4, 0.5) is 13.2 Å². The molecule has 5 nitrogen and oxygen atoms in total. The molecule has 2 heterocycles. The van der Waals surface area contributed by atoms with Crippen molar-refractivity contribution in [3.05, 3.63) is 36.0 Å². The topological polar surface area (TPSA) is 66.7 Å². The smallest absolute Gasteiger partial charge is 0.307 e. The Morgan fingerprint density at radius 3 is 2.71 bits per heavy atom. The van der Waals surface area contributed by atoms with Gasteiger partial charge in [0.15, 0.2) is 0 Å². The number of nitrogens with one attached hydrogen (secondary N) is 1. The second-order valence-electron chi connectivity index (χ2n) is 4.81. The first-order chi connectivity index (χ1) is 9.93. The third kappa shape index (κ3) is 3.09. The maximum absolute atomic E-state index is 12.6. The first-order valence-electron chi connectivity index (χ1n) is 6.28. The van der Waals surface area contributed by atoms with Crippen molar-refractivity contribution < 1.29 is 18.0 Å². The first kappa shape index (κ1) is 13.7. The third-order valence-corrected chi connectivity index (χ3v) is 3.11. The maximum Gasteiger partial charge on any atom is 0.416 e. The molecule has 1 radical (unpaired) electrons. The van der Waals surface area contributed by atoms with Crippen LogP contribution >= 0.6 is 0 Å². The minimum atomic E-state index is -4.52. The fourth-order valence-corrected chi connectivity index (χ4v) is 1.86. The van der Waals surface area contributed by atoms with Gasteiger partial charge in [-0.05, 0) is 30.9 Å². The average Bonchev–Trinajstić information content (AvgIpc) is 3.19. The van der Waals surface area contributed by atoms with E-state index in [0.717, 1.165) is 30.8 Å². The van der Waals surface area contributed by atoms with Crippen LogP contribution in [0.25, 0.3) is 0 Å². The molecule has 2 aliphatic rings. The standard InChI is InChI=1S/C13H10F3N4O/c14-13(15,16)8-3-4-17-10(5-8)12(21)18-11-6-9(19-20-11)7-1-2-7/h3-7H,1-2H2,(H,18,20,21). The molecular formula is C13H10F3N4O. The van der Waals surface area contributed by atoms with Crippen molar-refractivity contribution in [1.29, 1.82) is 0 Å². The summed E-state index contributed by atoms with van der Waals surface area (Å²) in [6, 6.07) is 1.51. The Balaban J connectivity index is 1.66. The average molecular weight is 295 g/mol. The number of amides is 1. The van der Waals surface area contributed by atoms with Crippen LogP contribution in [-0.2, 0) is 6.18 Å². The summed E-state index contributed by atoms with van der Waals surface area (Å²) >= 11 is 0. The van der Waals surface area contributed by atoms with Crippen molar-refractivity contribution in [3.8, 4) is 0 Å².